The zero-order valence-corrected chi connectivity index (χ0v) is 8.98. The van der Waals surface area contributed by atoms with E-state index in [1.54, 1.807) is 24.3 Å². The van der Waals surface area contributed by atoms with Crippen molar-refractivity contribution in [3.63, 3.8) is 0 Å². The first kappa shape index (κ1) is 11.0. The summed E-state index contributed by atoms with van der Waals surface area (Å²) in [5.74, 6) is 0.00361. The predicted octanol–water partition coefficient (Wildman–Crippen LogP) is 1.37. The molecule has 1 fully saturated rings. The van der Waals surface area contributed by atoms with Gasteiger partial charge in [0.05, 0.1) is 6.61 Å². The molecule has 2 rings (SSSR count). The van der Waals surface area contributed by atoms with E-state index in [9.17, 15) is 4.79 Å². The molecule has 1 saturated heterocycles. The van der Waals surface area contributed by atoms with Crippen molar-refractivity contribution in [1.82, 2.24) is 5.32 Å². The van der Waals surface area contributed by atoms with E-state index < -0.39 is 5.97 Å². The first-order valence-corrected chi connectivity index (χ1v) is 5.43. The molecule has 0 amide bonds. The molecule has 0 radical (unpaired) electrons. The summed E-state index contributed by atoms with van der Waals surface area (Å²) in [5, 5.41) is 12.2. The molecule has 1 aliphatic heterocycles. The lowest BCUT2D eigenvalue weighted by Crippen LogP contribution is -2.16. The maximum absolute atomic E-state index is 10.9. The highest BCUT2D eigenvalue weighted by Gasteiger charge is 2.16. The number of hydrogen-bond acceptors (Lipinski definition) is 3. The van der Waals surface area contributed by atoms with Crippen LogP contribution in [0.3, 0.4) is 0 Å². The minimum absolute atomic E-state index is 0.230. The number of benzene rings is 1. The number of carboxylic acids is 1. The highest BCUT2D eigenvalue weighted by Crippen LogP contribution is 2.19. The average Bonchev–Trinajstić information content (AvgIpc) is 2.79. The van der Waals surface area contributed by atoms with Gasteiger partial charge in [-0.15, -0.1) is 0 Å². The van der Waals surface area contributed by atoms with Crippen molar-refractivity contribution < 1.29 is 14.6 Å². The van der Waals surface area contributed by atoms with Crippen LogP contribution in [0.15, 0.2) is 24.3 Å². The second-order valence-electron chi connectivity index (χ2n) is 3.97. The van der Waals surface area contributed by atoms with Crippen LogP contribution in [-0.2, 0) is 0 Å². The van der Waals surface area contributed by atoms with E-state index in [-0.39, 0.29) is 5.56 Å². The summed E-state index contributed by atoms with van der Waals surface area (Å²) in [6.07, 6.45) is 1.09. The molecule has 0 aliphatic carbocycles. The molecule has 1 aromatic carbocycles. The van der Waals surface area contributed by atoms with Crippen molar-refractivity contribution in [3.8, 4) is 5.75 Å². The van der Waals surface area contributed by atoms with Crippen molar-refractivity contribution in [3.05, 3.63) is 29.8 Å². The summed E-state index contributed by atoms with van der Waals surface area (Å²) >= 11 is 0. The van der Waals surface area contributed by atoms with Gasteiger partial charge in [-0.25, -0.2) is 4.79 Å². The van der Waals surface area contributed by atoms with Crippen LogP contribution in [0.5, 0.6) is 5.75 Å². The fraction of sp³-hybridized carbons (Fsp3) is 0.417. The largest absolute Gasteiger partial charge is 0.492 e. The molecule has 4 heteroatoms. The Morgan fingerprint density at radius 3 is 3.00 bits per heavy atom. The van der Waals surface area contributed by atoms with E-state index in [4.69, 9.17) is 9.84 Å². The van der Waals surface area contributed by atoms with Gasteiger partial charge in [-0.2, -0.15) is 0 Å². The van der Waals surface area contributed by atoms with Gasteiger partial charge in [0.15, 0.2) is 0 Å². The third-order valence-corrected chi connectivity index (χ3v) is 2.75. The van der Waals surface area contributed by atoms with E-state index in [0.717, 1.165) is 19.5 Å². The minimum atomic E-state index is -0.944. The Labute approximate surface area is 94.2 Å². The summed E-state index contributed by atoms with van der Waals surface area (Å²) < 4.78 is 5.56. The Hall–Kier alpha value is -1.55. The molecule has 1 aromatic rings. The Morgan fingerprint density at radius 1 is 1.50 bits per heavy atom. The van der Waals surface area contributed by atoms with Gasteiger partial charge in [-0.3, -0.25) is 0 Å². The average molecular weight is 221 g/mol. The van der Waals surface area contributed by atoms with Crippen molar-refractivity contribution in [2.45, 2.75) is 6.42 Å². The lowest BCUT2D eigenvalue weighted by Gasteiger charge is -2.12. The van der Waals surface area contributed by atoms with Gasteiger partial charge < -0.3 is 15.2 Å². The summed E-state index contributed by atoms with van der Waals surface area (Å²) in [6, 6.07) is 6.75. The fourth-order valence-electron chi connectivity index (χ4n) is 1.83. The molecule has 0 aromatic heterocycles. The lowest BCUT2D eigenvalue weighted by molar-refractivity contribution is 0.0691. The van der Waals surface area contributed by atoms with Crippen LogP contribution in [0.2, 0.25) is 0 Å². The Morgan fingerprint density at radius 2 is 2.31 bits per heavy atom. The highest BCUT2D eigenvalue weighted by molar-refractivity contribution is 5.90. The Kier molecular flexibility index (Phi) is 3.41. The minimum Gasteiger partial charge on any atom is -0.492 e. The maximum Gasteiger partial charge on any atom is 0.339 e. The molecule has 2 N–H and O–H groups in total. The van der Waals surface area contributed by atoms with Gasteiger partial charge in [0.1, 0.15) is 11.3 Å². The monoisotopic (exact) mass is 221 g/mol. The number of ether oxygens (including phenoxy) is 1. The van der Waals surface area contributed by atoms with Gasteiger partial charge in [0.2, 0.25) is 0 Å². The van der Waals surface area contributed by atoms with Gasteiger partial charge in [-0.1, -0.05) is 12.1 Å². The van der Waals surface area contributed by atoms with Crippen LogP contribution in [-0.4, -0.2) is 30.8 Å². The molecule has 1 heterocycles. The molecule has 16 heavy (non-hydrogen) atoms. The van der Waals surface area contributed by atoms with Gasteiger partial charge in [0.25, 0.3) is 0 Å². The van der Waals surface area contributed by atoms with Crippen molar-refractivity contribution >= 4 is 5.97 Å². The maximum atomic E-state index is 10.9. The van der Waals surface area contributed by atoms with Crippen LogP contribution in [0.1, 0.15) is 16.8 Å². The van der Waals surface area contributed by atoms with Crippen molar-refractivity contribution in [2.24, 2.45) is 5.92 Å². The number of hydrogen-bond donors (Lipinski definition) is 2. The SMILES string of the molecule is O=C(O)c1ccccc1OCC1CCNC1. The molecule has 0 bridgehead atoms. The second kappa shape index (κ2) is 4.99. The molecule has 1 atom stereocenters. The first-order chi connectivity index (χ1) is 7.77. The molecular formula is C12H15NO3. The number of aromatic carboxylic acids is 1. The normalized spacial score (nSPS) is 19.6. The summed E-state index contributed by atoms with van der Waals surface area (Å²) in [6.45, 7) is 2.56. The zero-order valence-electron chi connectivity index (χ0n) is 8.98. The van der Waals surface area contributed by atoms with E-state index in [2.05, 4.69) is 5.32 Å². The Balaban J connectivity index is 2.00. The van der Waals surface area contributed by atoms with Crippen molar-refractivity contribution in [1.29, 1.82) is 0 Å². The molecule has 1 unspecified atom stereocenters. The highest BCUT2D eigenvalue weighted by atomic mass is 16.5. The number of nitrogens with one attached hydrogen (secondary N) is 1. The molecule has 4 nitrogen and oxygen atoms in total. The number of para-hydroxylation sites is 1. The third kappa shape index (κ3) is 2.52. The number of carboxylic acid groups (broad SMARTS) is 1. The molecular weight excluding hydrogens is 206 g/mol. The van der Waals surface area contributed by atoms with E-state index >= 15 is 0 Å². The predicted molar refractivity (Wildman–Crippen MR) is 59.9 cm³/mol. The van der Waals surface area contributed by atoms with Crippen LogP contribution in [0, 0.1) is 5.92 Å². The van der Waals surface area contributed by atoms with Crippen molar-refractivity contribution in [2.75, 3.05) is 19.7 Å². The quantitative estimate of drug-likeness (QED) is 0.806. The fourth-order valence-corrected chi connectivity index (χ4v) is 1.83. The molecule has 0 saturated carbocycles. The van der Waals surface area contributed by atoms with Crippen LogP contribution in [0.25, 0.3) is 0 Å². The molecule has 86 valence electrons. The van der Waals surface area contributed by atoms with Crippen LogP contribution < -0.4 is 10.1 Å². The third-order valence-electron chi connectivity index (χ3n) is 2.75. The van der Waals surface area contributed by atoms with Crippen LogP contribution >= 0.6 is 0 Å². The summed E-state index contributed by atoms with van der Waals surface area (Å²) in [7, 11) is 0. The summed E-state index contributed by atoms with van der Waals surface area (Å²) in [5.41, 5.74) is 0.230. The zero-order chi connectivity index (χ0) is 11.4. The Bertz CT molecular complexity index is 372. The van der Waals surface area contributed by atoms with E-state index in [1.807, 2.05) is 0 Å². The summed E-state index contributed by atoms with van der Waals surface area (Å²) in [4.78, 5) is 10.9. The standard InChI is InChI=1S/C12H15NO3/c14-12(15)10-3-1-2-4-11(10)16-8-9-5-6-13-7-9/h1-4,9,13H,5-8H2,(H,14,15). The molecule has 1 aliphatic rings. The number of rotatable bonds is 4. The lowest BCUT2D eigenvalue weighted by atomic mass is 10.1. The van der Waals surface area contributed by atoms with E-state index in [0.29, 0.717) is 18.3 Å². The van der Waals surface area contributed by atoms with Gasteiger partial charge in [-0.05, 0) is 25.1 Å². The smallest absolute Gasteiger partial charge is 0.339 e. The second-order valence-corrected chi connectivity index (χ2v) is 3.97. The topological polar surface area (TPSA) is 58.6 Å². The van der Waals surface area contributed by atoms with Gasteiger partial charge in [0, 0.05) is 12.5 Å². The van der Waals surface area contributed by atoms with Crippen LogP contribution in [0.4, 0.5) is 0 Å². The van der Waals surface area contributed by atoms with Gasteiger partial charge >= 0.3 is 5.97 Å². The number of carbonyl (C=O) groups is 1. The molecule has 0 spiro atoms. The first-order valence-electron chi connectivity index (χ1n) is 5.43. The van der Waals surface area contributed by atoms with E-state index in [1.165, 1.54) is 0 Å².